The molecule has 6 atom stereocenters. The van der Waals surface area contributed by atoms with Crippen molar-refractivity contribution in [3.63, 3.8) is 0 Å². The zero-order valence-electron chi connectivity index (χ0n) is 13.3. The SMILES string of the molecule is CCOC(=O)[C@H]1[C@@H]2[C@H]3OC4(CCCCC4)O[C@H]3[C@](O)(C(Cl)(Cl)Cl)[C@H]12. The second kappa shape index (κ2) is 5.61. The predicted octanol–water partition coefficient (Wildman–Crippen LogP) is 2.97. The third-order valence-electron chi connectivity index (χ3n) is 6.02. The van der Waals surface area contributed by atoms with Crippen molar-refractivity contribution in [2.75, 3.05) is 6.61 Å². The number of hydrogen-bond acceptors (Lipinski definition) is 5. The van der Waals surface area contributed by atoms with Gasteiger partial charge in [0.25, 0.3) is 0 Å². The number of esters is 1. The van der Waals surface area contributed by atoms with Gasteiger partial charge < -0.3 is 19.3 Å². The number of hydrogen-bond donors (Lipinski definition) is 1. The summed E-state index contributed by atoms with van der Waals surface area (Å²) in [5.41, 5.74) is -1.76. The van der Waals surface area contributed by atoms with E-state index in [-0.39, 0.29) is 18.5 Å². The van der Waals surface area contributed by atoms with Gasteiger partial charge in [-0.3, -0.25) is 4.79 Å². The van der Waals surface area contributed by atoms with Crippen LogP contribution in [-0.2, 0) is 19.0 Å². The van der Waals surface area contributed by atoms with E-state index in [0.29, 0.717) is 0 Å². The number of alkyl halides is 3. The first-order chi connectivity index (χ1) is 11.3. The monoisotopic (exact) mass is 398 g/mol. The molecule has 3 aliphatic carbocycles. The maximum Gasteiger partial charge on any atom is 0.309 e. The number of carbonyl (C=O) groups excluding carboxylic acids is 1. The van der Waals surface area contributed by atoms with Gasteiger partial charge in [-0.2, -0.15) is 0 Å². The Kier molecular flexibility index (Phi) is 4.12. The van der Waals surface area contributed by atoms with E-state index in [9.17, 15) is 9.90 Å². The van der Waals surface area contributed by atoms with Crippen molar-refractivity contribution in [2.24, 2.45) is 17.8 Å². The van der Waals surface area contributed by atoms with Gasteiger partial charge in [-0.25, -0.2) is 0 Å². The van der Waals surface area contributed by atoms with Gasteiger partial charge in [0, 0.05) is 24.7 Å². The minimum absolute atomic E-state index is 0.226. The minimum Gasteiger partial charge on any atom is -0.466 e. The average molecular weight is 400 g/mol. The van der Waals surface area contributed by atoms with Gasteiger partial charge in [0.1, 0.15) is 11.7 Å². The summed E-state index contributed by atoms with van der Waals surface area (Å²) in [6.07, 6.45) is 3.49. The fourth-order valence-electron chi connectivity index (χ4n) is 4.98. The lowest BCUT2D eigenvalue weighted by Crippen LogP contribution is -2.56. The van der Waals surface area contributed by atoms with Crippen LogP contribution >= 0.6 is 34.8 Å². The van der Waals surface area contributed by atoms with Crippen LogP contribution in [0.4, 0.5) is 0 Å². The number of carbonyl (C=O) groups is 1. The van der Waals surface area contributed by atoms with Crippen LogP contribution in [0.15, 0.2) is 0 Å². The van der Waals surface area contributed by atoms with E-state index in [2.05, 4.69) is 0 Å². The molecule has 4 fully saturated rings. The van der Waals surface area contributed by atoms with Crippen molar-refractivity contribution in [2.45, 2.75) is 66.4 Å². The minimum atomic E-state index is -1.97. The molecule has 1 N–H and O–H groups in total. The lowest BCUT2D eigenvalue weighted by molar-refractivity contribution is -0.217. The number of ether oxygens (including phenoxy) is 3. The van der Waals surface area contributed by atoms with Gasteiger partial charge in [0.15, 0.2) is 5.79 Å². The second-order valence-electron chi connectivity index (χ2n) is 7.30. The van der Waals surface area contributed by atoms with Gasteiger partial charge in [0.2, 0.25) is 3.79 Å². The van der Waals surface area contributed by atoms with Crippen molar-refractivity contribution >= 4 is 40.8 Å². The van der Waals surface area contributed by atoms with Gasteiger partial charge >= 0.3 is 5.97 Å². The van der Waals surface area contributed by atoms with E-state index in [0.717, 1.165) is 32.1 Å². The molecule has 5 nitrogen and oxygen atoms in total. The highest BCUT2D eigenvalue weighted by Crippen LogP contribution is 2.71. The molecule has 1 heterocycles. The van der Waals surface area contributed by atoms with Crippen LogP contribution in [0.25, 0.3) is 0 Å². The Morgan fingerprint density at radius 2 is 1.92 bits per heavy atom. The summed E-state index contributed by atoms with van der Waals surface area (Å²) < 4.78 is 15.6. The summed E-state index contributed by atoms with van der Waals surface area (Å²) >= 11 is 18.4. The predicted molar refractivity (Wildman–Crippen MR) is 87.9 cm³/mol. The van der Waals surface area contributed by atoms with Crippen molar-refractivity contribution in [3.05, 3.63) is 0 Å². The molecule has 1 spiro atoms. The Hall–Kier alpha value is 0.220. The fourth-order valence-corrected chi connectivity index (χ4v) is 5.68. The van der Waals surface area contributed by atoms with Crippen molar-refractivity contribution < 1.29 is 24.1 Å². The third-order valence-corrected chi connectivity index (χ3v) is 6.92. The second-order valence-corrected chi connectivity index (χ2v) is 9.58. The average Bonchev–Trinajstić information content (AvgIpc) is 3.09. The topological polar surface area (TPSA) is 65.0 Å². The normalized spacial score (nSPS) is 45.8. The molecule has 0 radical (unpaired) electrons. The first kappa shape index (κ1) is 17.6. The zero-order valence-corrected chi connectivity index (χ0v) is 15.6. The van der Waals surface area contributed by atoms with Crippen LogP contribution in [-0.4, -0.2) is 45.1 Å². The van der Waals surface area contributed by atoms with Crippen LogP contribution in [0, 0.1) is 17.8 Å². The van der Waals surface area contributed by atoms with Gasteiger partial charge in [-0.05, 0) is 19.8 Å². The van der Waals surface area contributed by atoms with E-state index < -0.39 is 39.2 Å². The van der Waals surface area contributed by atoms with Crippen molar-refractivity contribution in [3.8, 4) is 0 Å². The molecule has 0 aromatic carbocycles. The first-order valence-corrected chi connectivity index (χ1v) is 9.70. The summed E-state index contributed by atoms with van der Waals surface area (Å²) in [6, 6.07) is 0. The number of rotatable bonds is 2. The van der Waals surface area contributed by atoms with Crippen molar-refractivity contribution in [1.29, 1.82) is 0 Å². The summed E-state index contributed by atoms with van der Waals surface area (Å²) in [7, 11) is 0. The summed E-state index contributed by atoms with van der Waals surface area (Å²) in [6.45, 7) is 2.02. The number of fused-ring (bicyclic) bond motifs is 3. The maximum atomic E-state index is 12.2. The molecule has 0 unspecified atom stereocenters. The Morgan fingerprint density at radius 1 is 1.25 bits per heavy atom. The Bertz CT molecular complexity index is 544. The summed E-state index contributed by atoms with van der Waals surface area (Å²) in [4.78, 5) is 12.2. The van der Waals surface area contributed by atoms with E-state index in [1.54, 1.807) is 6.92 Å². The molecular weight excluding hydrogens is 379 g/mol. The fraction of sp³-hybridized carbons (Fsp3) is 0.938. The van der Waals surface area contributed by atoms with Crippen molar-refractivity contribution in [1.82, 2.24) is 0 Å². The molecule has 136 valence electrons. The molecule has 8 heteroatoms. The molecule has 4 rings (SSSR count). The molecule has 24 heavy (non-hydrogen) atoms. The molecule has 0 bridgehead atoms. The molecule has 1 saturated heterocycles. The number of halogens is 3. The standard InChI is InChI=1S/C16H21Cl3O5/c1-2-22-13(20)9-8-10(9)15(21,16(17,18)19)12-11(8)23-14(24-12)6-4-3-5-7-14/h8-12,21H,2-7H2,1H3/t8-,9-,10-,11+,12+,15-/m0/s1. The highest BCUT2D eigenvalue weighted by atomic mass is 35.6. The molecule has 4 aliphatic rings. The molecule has 0 aromatic rings. The Morgan fingerprint density at radius 3 is 2.50 bits per heavy atom. The zero-order chi connectivity index (χ0) is 17.3. The third kappa shape index (κ3) is 2.28. The lowest BCUT2D eigenvalue weighted by Gasteiger charge is -2.39. The van der Waals surface area contributed by atoms with Crippen LogP contribution in [0.2, 0.25) is 0 Å². The van der Waals surface area contributed by atoms with Crippen LogP contribution in [0.3, 0.4) is 0 Å². The van der Waals surface area contributed by atoms with E-state index in [4.69, 9.17) is 49.0 Å². The van der Waals surface area contributed by atoms with Crippen LogP contribution < -0.4 is 0 Å². The Balaban J connectivity index is 1.65. The molecule has 0 amide bonds. The molecule has 0 aromatic heterocycles. The van der Waals surface area contributed by atoms with E-state index in [1.165, 1.54) is 0 Å². The van der Waals surface area contributed by atoms with Gasteiger partial charge in [0.05, 0.1) is 18.6 Å². The van der Waals surface area contributed by atoms with Crippen LogP contribution in [0.5, 0.6) is 0 Å². The van der Waals surface area contributed by atoms with Gasteiger partial charge in [-0.15, -0.1) is 0 Å². The van der Waals surface area contributed by atoms with Crippen LogP contribution in [0.1, 0.15) is 39.0 Å². The first-order valence-electron chi connectivity index (χ1n) is 8.56. The highest BCUT2D eigenvalue weighted by Gasteiger charge is 2.84. The largest absolute Gasteiger partial charge is 0.466 e. The molecule has 3 saturated carbocycles. The van der Waals surface area contributed by atoms with E-state index >= 15 is 0 Å². The lowest BCUT2D eigenvalue weighted by atomic mass is 9.91. The van der Waals surface area contributed by atoms with E-state index in [1.807, 2.05) is 0 Å². The number of aliphatic hydroxyl groups is 1. The highest BCUT2D eigenvalue weighted by molar-refractivity contribution is 6.68. The maximum absolute atomic E-state index is 12.2. The smallest absolute Gasteiger partial charge is 0.309 e. The molecule has 1 aliphatic heterocycles. The summed E-state index contributed by atoms with van der Waals surface area (Å²) in [5, 5.41) is 11.3. The molecular formula is C16H21Cl3O5. The quantitative estimate of drug-likeness (QED) is 0.571. The van der Waals surface area contributed by atoms with Gasteiger partial charge in [-0.1, -0.05) is 41.2 Å². The summed E-state index contributed by atoms with van der Waals surface area (Å²) in [5.74, 6) is -2.33. The Labute approximate surface area is 155 Å².